The van der Waals surface area contributed by atoms with Gasteiger partial charge in [0, 0.05) is 5.69 Å². The molecule has 0 saturated heterocycles. The molecule has 2 N–H and O–H groups in total. The molecule has 0 aliphatic heterocycles. The van der Waals surface area contributed by atoms with Crippen molar-refractivity contribution < 1.29 is 13.9 Å². The zero-order valence-electron chi connectivity index (χ0n) is 13.0. The molecule has 0 radical (unpaired) electrons. The van der Waals surface area contributed by atoms with Gasteiger partial charge in [0.1, 0.15) is 5.76 Å². The molecule has 7 nitrogen and oxygen atoms in total. The molecule has 8 heteroatoms. The van der Waals surface area contributed by atoms with Crippen molar-refractivity contribution >= 4 is 29.4 Å². The van der Waals surface area contributed by atoms with Gasteiger partial charge < -0.3 is 19.5 Å². The van der Waals surface area contributed by atoms with Gasteiger partial charge in [0.25, 0.3) is 0 Å². The first-order valence-electron chi connectivity index (χ1n) is 7.38. The van der Waals surface area contributed by atoms with Crippen LogP contribution in [-0.4, -0.2) is 27.8 Å². The second-order valence-corrected chi connectivity index (χ2v) is 5.71. The van der Waals surface area contributed by atoms with Gasteiger partial charge in [0.15, 0.2) is 5.16 Å². The lowest BCUT2D eigenvalue weighted by atomic mass is 10.3. The van der Waals surface area contributed by atoms with E-state index in [0.29, 0.717) is 29.2 Å². The molecule has 0 unspecified atom stereocenters. The van der Waals surface area contributed by atoms with E-state index in [1.54, 1.807) is 19.1 Å². The van der Waals surface area contributed by atoms with Gasteiger partial charge >= 0.3 is 5.97 Å². The van der Waals surface area contributed by atoms with Crippen LogP contribution in [0, 0.1) is 0 Å². The zero-order chi connectivity index (χ0) is 16.8. The number of rotatable bonds is 7. The highest BCUT2D eigenvalue weighted by Crippen LogP contribution is 2.22. The lowest BCUT2D eigenvalue weighted by molar-refractivity contribution is 0.0488. The van der Waals surface area contributed by atoms with E-state index in [0.717, 1.165) is 5.69 Å². The summed E-state index contributed by atoms with van der Waals surface area (Å²) >= 11 is 1.43. The fraction of sp³-hybridized carbons (Fsp3) is 0.188. The number of thioether (sulfide) groups is 1. The highest BCUT2D eigenvalue weighted by atomic mass is 32.2. The molecule has 0 spiro atoms. The molecule has 0 bridgehead atoms. The largest absolute Gasteiger partial charge is 0.460 e. The number of para-hydroxylation sites is 1. The number of H-pyrrole nitrogens is 1. The quantitative estimate of drug-likeness (QED) is 0.499. The molecule has 2 aromatic heterocycles. The average Bonchev–Trinajstić information content (AvgIpc) is 3.23. The smallest absolute Gasteiger partial charge is 0.374 e. The SMILES string of the molecule is CCOC(=O)c1ccc(CSc2nnc(Nc3ccccc3)[nH]2)o1. The molecule has 0 amide bonds. The van der Waals surface area contributed by atoms with Gasteiger partial charge in [0.05, 0.1) is 12.4 Å². The fourth-order valence-corrected chi connectivity index (χ4v) is 2.63. The number of aromatic amines is 1. The van der Waals surface area contributed by atoms with Crippen molar-refractivity contribution in [2.75, 3.05) is 11.9 Å². The molecule has 0 atom stereocenters. The molecular formula is C16H16N4O3S. The molecule has 3 rings (SSSR count). The van der Waals surface area contributed by atoms with Crippen LogP contribution in [0.5, 0.6) is 0 Å². The first-order chi connectivity index (χ1) is 11.7. The van der Waals surface area contributed by atoms with Gasteiger partial charge in [-0.15, -0.1) is 10.2 Å². The summed E-state index contributed by atoms with van der Waals surface area (Å²) in [6.45, 7) is 2.07. The van der Waals surface area contributed by atoms with E-state index in [4.69, 9.17) is 9.15 Å². The number of carbonyl (C=O) groups excluding carboxylic acids is 1. The summed E-state index contributed by atoms with van der Waals surface area (Å²) in [7, 11) is 0. The van der Waals surface area contributed by atoms with Crippen molar-refractivity contribution in [3.63, 3.8) is 0 Å². The van der Waals surface area contributed by atoms with E-state index in [9.17, 15) is 4.79 Å². The highest BCUT2D eigenvalue weighted by molar-refractivity contribution is 7.98. The minimum atomic E-state index is -0.456. The molecule has 0 saturated carbocycles. The van der Waals surface area contributed by atoms with Crippen molar-refractivity contribution in [3.8, 4) is 0 Å². The van der Waals surface area contributed by atoms with Crippen molar-refractivity contribution in [1.82, 2.24) is 15.2 Å². The van der Waals surface area contributed by atoms with Crippen LogP contribution < -0.4 is 5.32 Å². The van der Waals surface area contributed by atoms with E-state index < -0.39 is 5.97 Å². The standard InChI is InChI=1S/C16H16N4O3S/c1-2-22-14(21)13-9-8-12(23-13)10-24-16-18-15(19-20-16)17-11-6-4-3-5-7-11/h3-9H,2,10H2,1H3,(H2,17,18,19,20). The summed E-state index contributed by atoms with van der Waals surface area (Å²) < 4.78 is 10.3. The Kier molecular flexibility index (Phi) is 5.17. The number of aromatic nitrogens is 3. The molecule has 2 heterocycles. The van der Waals surface area contributed by atoms with Crippen LogP contribution in [0.4, 0.5) is 11.6 Å². The van der Waals surface area contributed by atoms with E-state index in [2.05, 4.69) is 20.5 Å². The number of benzene rings is 1. The maximum absolute atomic E-state index is 11.5. The second-order valence-electron chi connectivity index (χ2n) is 4.74. The average molecular weight is 344 g/mol. The molecule has 124 valence electrons. The Morgan fingerprint density at radius 1 is 1.25 bits per heavy atom. The summed E-state index contributed by atoms with van der Waals surface area (Å²) in [6, 6.07) is 13.1. The predicted octanol–water partition coefficient (Wildman–Crippen LogP) is 3.61. The van der Waals surface area contributed by atoms with Crippen molar-refractivity contribution in [2.45, 2.75) is 17.8 Å². The number of hydrogen-bond donors (Lipinski definition) is 2. The van der Waals surface area contributed by atoms with Crippen LogP contribution >= 0.6 is 11.8 Å². The topological polar surface area (TPSA) is 93.0 Å². The fourth-order valence-electron chi connectivity index (χ4n) is 1.93. The van der Waals surface area contributed by atoms with E-state index in [-0.39, 0.29) is 5.76 Å². The summed E-state index contributed by atoms with van der Waals surface area (Å²) in [6.07, 6.45) is 0. The van der Waals surface area contributed by atoms with Gasteiger partial charge in [-0.05, 0) is 31.2 Å². The summed E-state index contributed by atoms with van der Waals surface area (Å²) in [5.74, 6) is 1.51. The van der Waals surface area contributed by atoms with Gasteiger partial charge in [-0.2, -0.15) is 0 Å². The maximum atomic E-state index is 11.5. The van der Waals surface area contributed by atoms with Gasteiger partial charge in [-0.25, -0.2) is 4.79 Å². The Balaban J connectivity index is 1.55. The van der Waals surface area contributed by atoms with Gasteiger partial charge in [0.2, 0.25) is 11.7 Å². The van der Waals surface area contributed by atoms with Gasteiger partial charge in [-0.3, -0.25) is 0 Å². The Morgan fingerprint density at radius 2 is 2.08 bits per heavy atom. The maximum Gasteiger partial charge on any atom is 0.374 e. The molecular weight excluding hydrogens is 328 g/mol. The summed E-state index contributed by atoms with van der Waals surface area (Å²) in [4.78, 5) is 14.6. The predicted molar refractivity (Wildman–Crippen MR) is 90.3 cm³/mol. The van der Waals surface area contributed by atoms with Crippen LogP contribution in [0.25, 0.3) is 0 Å². The number of nitrogens with one attached hydrogen (secondary N) is 2. The van der Waals surface area contributed by atoms with Crippen LogP contribution in [0.1, 0.15) is 23.2 Å². The Labute approximate surface area is 142 Å². The first-order valence-corrected chi connectivity index (χ1v) is 8.36. The summed E-state index contributed by atoms with van der Waals surface area (Å²) in [5.41, 5.74) is 0.926. The number of carbonyl (C=O) groups is 1. The number of anilines is 2. The van der Waals surface area contributed by atoms with Crippen LogP contribution in [0.3, 0.4) is 0 Å². The van der Waals surface area contributed by atoms with E-state index in [1.165, 1.54) is 11.8 Å². The molecule has 0 aliphatic rings. The Morgan fingerprint density at radius 3 is 2.88 bits per heavy atom. The second kappa shape index (κ2) is 7.69. The Hall–Kier alpha value is -2.74. The highest BCUT2D eigenvalue weighted by Gasteiger charge is 2.12. The van der Waals surface area contributed by atoms with Crippen molar-refractivity contribution in [3.05, 3.63) is 54.0 Å². The molecule has 0 aliphatic carbocycles. The lowest BCUT2D eigenvalue weighted by Gasteiger charge is -2.00. The van der Waals surface area contributed by atoms with E-state index in [1.807, 2.05) is 30.3 Å². The zero-order valence-corrected chi connectivity index (χ0v) is 13.8. The van der Waals surface area contributed by atoms with Crippen molar-refractivity contribution in [2.24, 2.45) is 0 Å². The molecule has 0 fully saturated rings. The summed E-state index contributed by atoms with van der Waals surface area (Å²) in [5, 5.41) is 11.9. The van der Waals surface area contributed by atoms with Crippen molar-refractivity contribution in [1.29, 1.82) is 0 Å². The normalized spacial score (nSPS) is 10.5. The van der Waals surface area contributed by atoms with Crippen LogP contribution in [-0.2, 0) is 10.5 Å². The lowest BCUT2D eigenvalue weighted by Crippen LogP contribution is -2.02. The number of ether oxygens (including phenoxy) is 1. The molecule has 1 aromatic carbocycles. The number of esters is 1. The van der Waals surface area contributed by atoms with Gasteiger partial charge in [-0.1, -0.05) is 30.0 Å². The number of nitrogens with zero attached hydrogens (tertiary/aromatic N) is 2. The third-order valence-electron chi connectivity index (χ3n) is 2.99. The Bertz CT molecular complexity index is 801. The van der Waals surface area contributed by atoms with Crippen LogP contribution in [0.2, 0.25) is 0 Å². The van der Waals surface area contributed by atoms with E-state index >= 15 is 0 Å². The molecule has 3 aromatic rings. The minimum absolute atomic E-state index is 0.205. The monoisotopic (exact) mass is 344 g/mol. The van der Waals surface area contributed by atoms with Crippen LogP contribution in [0.15, 0.2) is 52.0 Å². The third-order valence-corrected chi connectivity index (χ3v) is 3.88. The number of hydrogen-bond acceptors (Lipinski definition) is 7. The molecule has 24 heavy (non-hydrogen) atoms. The first kappa shape index (κ1) is 16.1. The third kappa shape index (κ3) is 4.17. The number of furan rings is 1. The minimum Gasteiger partial charge on any atom is -0.460 e.